The molecule has 4 heteroatoms. The lowest BCUT2D eigenvalue weighted by Gasteiger charge is -2.25. The van der Waals surface area contributed by atoms with E-state index in [1.54, 1.807) is 26.0 Å². The Morgan fingerprint density at radius 2 is 2.00 bits per heavy atom. The summed E-state index contributed by atoms with van der Waals surface area (Å²) in [7, 11) is 0. The van der Waals surface area contributed by atoms with Crippen LogP contribution in [-0.2, 0) is 0 Å². The van der Waals surface area contributed by atoms with Crippen LogP contribution >= 0.6 is 12.2 Å². The number of benzene rings is 1. The first-order chi connectivity index (χ1) is 6.43. The highest BCUT2D eigenvalue weighted by Gasteiger charge is 2.24. The van der Waals surface area contributed by atoms with Crippen LogP contribution in [0.5, 0.6) is 5.75 Å². The monoisotopic (exact) mass is 213 g/mol. The molecule has 1 aromatic carbocycles. The first kappa shape index (κ1) is 10.9. The maximum Gasteiger partial charge on any atom is 0.165 e. The van der Waals surface area contributed by atoms with Gasteiger partial charge in [0.25, 0.3) is 0 Å². The third kappa shape index (κ3) is 2.42. The number of hydrogen-bond acceptors (Lipinski definition) is 2. The zero-order valence-electron chi connectivity index (χ0n) is 8.08. The Morgan fingerprint density at radius 3 is 2.50 bits per heavy atom. The van der Waals surface area contributed by atoms with E-state index in [1.807, 2.05) is 0 Å². The minimum atomic E-state index is -0.836. The molecule has 0 aromatic heterocycles. The maximum atomic E-state index is 13.2. The van der Waals surface area contributed by atoms with Crippen molar-refractivity contribution in [2.24, 2.45) is 5.73 Å². The molecule has 0 unspecified atom stereocenters. The predicted molar refractivity (Wildman–Crippen MR) is 57.9 cm³/mol. The summed E-state index contributed by atoms with van der Waals surface area (Å²) in [6, 6.07) is 6.14. The van der Waals surface area contributed by atoms with E-state index < -0.39 is 11.4 Å². The topological polar surface area (TPSA) is 35.2 Å². The van der Waals surface area contributed by atoms with Gasteiger partial charge in [0.2, 0.25) is 0 Å². The minimum Gasteiger partial charge on any atom is -0.478 e. The fraction of sp³-hybridized carbons (Fsp3) is 0.300. The SMILES string of the molecule is CC(C)(Oc1ccccc1F)C(N)=S. The van der Waals surface area contributed by atoms with Gasteiger partial charge in [-0.05, 0) is 26.0 Å². The summed E-state index contributed by atoms with van der Waals surface area (Å²) in [5.41, 5.74) is 4.62. The molecule has 2 N–H and O–H groups in total. The molecule has 0 aliphatic rings. The van der Waals surface area contributed by atoms with E-state index in [0.717, 1.165) is 0 Å². The molecule has 2 nitrogen and oxygen atoms in total. The van der Waals surface area contributed by atoms with Gasteiger partial charge >= 0.3 is 0 Å². The predicted octanol–water partition coefficient (Wildman–Crippen LogP) is 2.27. The molecule has 1 aromatic rings. The van der Waals surface area contributed by atoms with Gasteiger partial charge in [-0.2, -0.15) is 0 Å². The maximum absolute atomic E-state index is 13.2. The van der Waals surface area contributed by atoms with Gasteiger partial charge in [-0.25, -0.2) is 4.39 Å². The number of halogens is 1. The van der Waals surface area contributed by atoms with Gasteiger partial charge in [0.15, 0.2) is 17.2 Å². The zero-order valence-corrected chi connectivity index (χ0v) is 8.90. The van der Waals surface area contributed by atoms with Crippen LogP contribution in [0.15, 0.2) is 24.3 Å². The number of nitrogens with two attached hydrogens (primary N) is 1. The third-order valence-corrected chi connectivity index (χ3v) is 2.29. The Kier molecular flexibility index (Phi) is 3.06. The van der Waals surface area contributed by atoms with Gasteiger partial charge in [-0.3, -0.25) is 0 Å². The number of thiocarbonyl (C=S) groups is 1. The number of rotatable bonds is 3. The molecule has 0 saturated carbocycles. The lowest BCUT2D eigenvalue weighted by molar-refractivity contribution is 0.175. The van der Waals surface area contributed by atoms with E-state index in [1.165, 1.54) is 12.1 Å². The molecule has 0 radical (unpaired) electrons. The molecule has 1 rings (SSSR count). The summed E-state index contributed by atoms with van der Waals surface area (Å²) >= 11 is 4.80. The first-order valence-corrected chi connectivity index (χ1v) is 4.58. The average Bonchev–Trinajstić information content (AvgIpc) is 2.08. The van der Waals surface area contributed by atoms with Gasteiger partial charge in [-0.1, -0.05) is 24.4 Å². The highest BCUT2D eigenvalue weighted by Crippen LogP contribution is 2.21. The molecule has 0 fully saturated rings. The van der Waals surface area contributed by atoms with Gasteiger partial charge in [-0.15, -0.1) is 0 Å². The summed E-state index contributed by atoms with van der Waals surface area (Å²) in [6.07, 6.45) is 0. The normalized spacial score (nSPS) is 11.1. The standard InChI is InChI=1S/C10H12FNOS/c1-10(2,9(12)14)13-8-6-4-3-5-7(8)11/h3-6H,1-2H3,(H2,12,14). The van der Waals surface area contributed by atoms with Crippen LogP contribution in [0, 0.1) is 5.82 Å². The van der Waals surface area contributed by atoms with Gasteiger partial charge < -0.3 is 10.5 Å². The highest BCUT2D eigenvalue weighted by molar-refractivity contribution is 7.80. The molecular formula is C10H12FNOS. The molecule has 0 aliphatic heterocycles. The van der Waals surface area contributed by atoms with E-state index >= 15 is 0 Å². The lowest BCUT2D eigenvalue weighted by Crippen LogP contribution is -2.42. The van der Waals surface area contributed by atoms with Crippen molar-refractivity contribution in [1.82, 2.24) is 0 Å². The van der Waals surface area contributed by atoms with Crippen LogP contribution in [0.1, 0.15) is 13.8 Å². The van der Waals surface area contributed by atoms with E-state index in [2.05, 4.69) is 0 Å². The number of para-hydroxylation sites is 1. The zero-order chi connectivity index (χ0) is 10.8. The van der Waals surface area contributed by atoms with Crippen molar-refractivity contribution in [2.45, 2.75) is 19.4 Å². The molecule has 14 heavy (non-hydrogen) atoms. The summed E-state index contributed by atoms with van der Waals surface area (Å²) < 4.78 is 18.5. The largest absolute Gasteiger partial charge is 0.478 e. The Hall–Kier alpha value is -1.16. The van der Waals surface area contributed by atoms with Crippen LogP contribution in [0.2, 0.25) is 0 Å². The molecule has 76 valence electrons. The van der Waals surface area contributed by atoms with Gasteiger partial charge in [0, 0.05) is 0 Å². The Morgan fingerprint density at radius 1 is 1.43 bits per heavy atom. The van der Waals surface area contributed by atoms with Crippen LogP contribution in [0.4, 0.5) is 4.39 Å². The Bertz CT molecular complexity index is 352. The second-order valence-electron chi connectivity index (χ2n) is 3.41. The van der Waals surface area contributed by atoms with Crippen LogP contribution in [-0.4, -0.2) is 10.6 Å². The first-order valence-electron chi connectivity index (χ1n) is 4.17. The molecule has 0 atom stereocenters. The molecule has 0 heterocycles. The lowest BCUT2D eigenvalue weighted by atomic mass is 10.1. The van der Waals surface area contributed by atoms with E-state index in [0.29, 0.717) is 0 Å². The van der Waals surface area contributed by atoms with Crippen LogP contribution in [0.3, 0.4) is 0 Å². The van der Waals surface area contributed by atoms with Crippen molar-refractivity contribution < 1.29 is 9.13 Å². The highest BCUT2D eigenvalue weighted by atomic mass is 32.1. The number of hydrogen-bond donors (Lipinski definition) is 1. The van der Waals surface area contributed by atoms with Crippen molar-refractivity contribution in [3.8, 4) is 5.75 Å². The van der Waals surface area contributed by atoms with Crippen LogP contribution in [0.25, 0.3) is 0 Å². The molecule has 0 spiro atoms. The fourth-order valence-corrected chi connectivity index (χ4v) is 0.894. The van der Waals surface area contributed by atoms with E-state index in [-0.39, 0.29) is 10.7 Å². The summed E-state index contributed by atoms with van der Waals surface area (Å²) in [5.74, 6) is -0.262. The van der Waals surface area contributed by atoms with Crippen molar-refractivity contribution >= 4 is 17.2 Å². The second kappa shape index (κ2) is 3.92. The summed E-state index contributed by atoms with van der Waals surface area (Å²) in [6.45, 7) is 3.39. The fourth-order valence-electron chi connectivity index (χ4n) is 0.853. The Balaban J connectivity index is 2.89. The average molecular weight is 213 g/mol. The number of ether oxygens (including phenoxy) is 1. The molecular weight excluding hydrogens is 201 g/mol. The van der Waals surface area contributed by atoms with E-state index in [9.17, 15) is 4.39 Å². The van der Waals surface area contributed by atoms with E-state index in [4.69, 9.17) is 22.7 Å². The Labute approximate surface area is 87.9 Å². The van der Waals surface area contributed by atoms with Crippen molar-refractivity contribution in [2.75, 3.05) is 0 Å². The smallest absolute Gasteiger partial charge is 0.165 e. The van der Waals surface area contributed by atoms with Crippen molar-refractivity contribution in [3.05, 3.63) is 30.1 Å². The minimum absolute atomic E-state index is 0.158. The molecule has 0 aliphatic carbocycles. The van der Waals surface area contributed by atoms with Crippen LogP contribution < -0.4 is 10.5 Å². The quantitative estimate of drug-likeness (QED) is 0.782. The summed E-state index contributed by atoms with van der Waals surface area (Å²) in [4.78, 5) is 0.195. The third-order valence-electron chi connectivity index (χ3n) is 1.80. The van der Waals surface area contributed by atoms with Gasteiger partial charge in [0.1, 0.15) is 4.99 Å². The molecule has 0 amide bonds. The molecule has 0 saturated heterocycles. The molecule has 0 bridgehead atoms. The van der Waals surface area contributed by atoms with Crippen molar-refractivity contribution in [1.29, 1.82) is 0 Å². The second-order valence-corrected chi connectivity index (χ2v) is 3.85. The van der Waals surface area contributed by atoms with Gasteiger partial charge in [0.05, 0.1) is 0 Å². The van der Waals surface area contributed by atoms with Crippen molar-refractivity contribution in [3.63, 3.8) is 0 Å². The summed E-state index contributed by atoms with van der Waals surface area (Å²) in [5, 5.41) is 0.